The minimum atomic E-state index is -0.581. The molecule has 2 aromatic carbocycles. The summed E-state index contributed by atoms with van der Waals surface area (Å²) < 4.78 is 18.4. The Kier molecular flexibility index (Phi) is 5.12. The Morgan fingerprint density at radius 2 is 1.97 bits per heavy atom. The van der Waals surface area contributed by atoms with E-state index in [-0.39, 0.29) is 23.8 Å². The molecule has 0 saturated heterocycles. The lowest BCUT2D eigenvalue weighted by molar-refractivity contribution is 0.0467. The van der Waals surface area contributed by atoms with Gasteiger partial charge in [0.2, 0.25) is 0 Å². The number of carbonyl (C=O) groups excluding carboxylic acids is 1. The number of fused-ring (bicyclic) bond motifs is 1. The Morgan fingerprint density at radius 1 is 1.21 bits per heavy atom. The summed E-state index contributed by atoms with van der Waals surface area (Å²) in [6.45, 7) is 1.48. The molecular weight excluding hydrogens is 417 g/mol. The smallest absolute Gasteiger partial charge is 0.350 e. The highest BCUT2D eigenvalue weighted by molar-refractivity contribution is 7.17. The third-order valence-electron chi connectivity index (χ3n) is 4.13. The van der Waals surface area contributed by atoms with Crippen LogP contribution in [0.5, 0.6) is 0 Å². The number of hydrogen-bond donors (Lipinski definition) is 1. The monoisotopic (exact) mass is 429 g/mol. The van der Waals surface area contributed by atoms with Crippen LogP contribution in [0, 0.1) is 12.7 Å². The van der Waals surface area contributed by atoms with Crippen molar-refractivity contribution in [3.63, 3.8) is 0 Å². The number of nitrogens with one attached hydrogen (secondary N) is 1. The summed E-state index contributed by atoms with van der Waals surface area (Å²) in [5, 5.41) is 1.43. The van der Waals surface area contributed by atoms with E-state index in [1.807, 2.05) is 0 Å². The van der Waals surface area contributed by atoms with E-state index in [9.17, 15) is 14.0 Å². The Bertz CT molecular complexity index is 1280. The van der Waals surface area contributed by atoms with E-state index in [4.69, 9.17) is 16.3 Å². The molecular formula is C20H13ClFN3O3S. The van der Waals surface area contributed by atoms with Crippen molar-refractivity contribution in [2.75, 3.05) is 0 Å². The van der Waals surface area contributed by atoms with Crippen molar-refractivity contribution in [1.29, 1.82) is 0 Å². The van der Waals surface area contributed by atoms with Gasteiger partial charge in [-0.15, -0.1) is 11.3 Å². The minimum absolute atomic E-state index is 0.207. The molecule has 0 bridgehead atoms. The molecule has 0 fully saturated rings. The van der Waals surface area contributed by atoms with Gasteiger partial charge in [-0.1, -0.05) is 11.6 Å². The highest BCUT2D eigenvalue weighted by atomic mass is 35.5. The third kappa shape index (κ3) is 4.03. The molecule has 29 heavy (non-hydrogen) atoms. The van der Waals surface area contributed by atoms with E-state index in [0.29, 0.717) is 37.1 Å². The van der Waals surface area contributed by atoms with Crippen molar-refractivity contribution in [2.24, 2.45) is 0 Å². The summed E-state index contributed by atoms with van der Waals surface area (Å²) in [5.41, 5.74) is 1.28. The van der Waals surface area contributed by atoms with Crippen LogP contribution in [0.3, 0.4) is 0 Å². The molecule has 0 radical (unpaired) electrons. The maximum Gasteiger partial charge on any atom is 0.350 e. The number of halogens is 2. The summed E-state index contributed by atoms with van der Waals surface area (Å²) in [7, 11) is 0. The van der Waals surface area contributed by atoms with Crippen LogP contribution < -0.4 is 5.56 Å². The SMILES string of the molecule is Cc1nc(-c2ccc(F)cc2)sc1C(=O)OCc1nc2cc(Cl)ccc2c(=O)[nH]1. The van der Waals surface area contributed by atoms with Gasteiger partial charge in [-0.25, -0.2) is 19.2 Å². The van der Waals surface area contributed by atoms with Gasteiger partial charge in [0.1, 0.15) is 28.1 Å². The number of H-pyrrole nitrogens is 1. The summed E-state index contributed by atoms with van der Waals surface area (Å²) in [4.78, 5) is 36.2. The first-order chi connectivity index (χ1) is 13.9. The zero-order valence-corrected chi connectivity index (χ0v) is 16.6. The van der Waals surface area contributed by atoms with E-state index in [1.165, 1.54) is 12.1 Å². The second-order valence-corrected chi connectivity index (χ2v) is 7.63. The summed E-state index contributed by atoms with van der Waals surface area (Å²) in [6, 6.07) is 10.6. The molecule has 146 valence electrons. The predicted octanol–water partition coefficient (Wildman–Crippen LogP) is 4.50. The number of thiazole rings is 1. The lowest BCUT2D eigenvalue weighted by Crippen LogP contribution is -2.14. The van der Waals surface area contributed by atoms with E-state index in [2.05, 4.69) is 15.0 Å². The molecule has 0 aliphatic heterocycles. The Hall–Kier alpha value is -3.10. The average molecular weight is 430 g/mol. The van der Waals surface area contributed by atoms with E-state index in [1.54, 1.807) is 37.3 Å². The molecule has 0 aliphatic rings. The van der Waals surface area contributed by atoms with Gasteiger partial charge >= 0.3 is 5.97 Å². The Labute approximate surface area is 173 Å². The van der Waals surface area contributed by atoms with Crippen molar-refractivity contribution in [3.8, 4) is 10.6 Å². The predicted molar refractivity (Wildman–Crippen MR) is 109 cm³/mol. The van der Waals surface area contributed by atoms with Gasteiger partial charge in [0.05, 0.1) is 16.6 Å². The zero-order valence-electron chi connectivity index (χ0n) is 15.0. The zero-order chi connectivity index (χ0) is 20.5. The van der Waals surface area contributed by atoms with Crippen LogP contribution in [-0.4, -0.2) is 20.9 Å². The Balaban J connectivity index is 1.54. The maximum absolute atomic E-state index is 13.1. The van der Waals surface area contributed by atoms with Crippen LogP contribution in [0.1, 0.15) is 21.2 Å². The molecule has 0 aliphatic carbocycles. The largest absolute Gasteiger partial charge is 0.453 e. The average Bonchev–Trinajstić information content (AvgIpc) is 3.08. The van der Waals surface area contributed by atoms with E-state index < -0.39 is 5.97 Å². The number of nitrogens with zero attached hydrogens (tertiary/aromatic N) is 2. The number of aromatic nitrogens is 3. The molecule has 0 unspecified atom stereocenters. The van der Waals surface area contributed by atoms with Crippen molar-refractivity contribution in [1.82, 2.24) is 15.0 Å². The highest BCUT2D eigenvalue weighted by Gasteiger charge is 2.18. The molecule has 2 heterocycles. The van der Waals surface area contributed by atoms with Crippen LogP contribution in [0.15, 0.2) is 47.3 Å². The Morgan fingerprint density at radius 3 is 2.72 bits per heavy atom. The number of rotatable bonds is 4. The van der Waals surface area contributed by atoms with Gasteiger partial charge in [-0.3, -0.25) is 4.79 Å². The summed E-state index contributed by atoms with van der Waals surface area (Å²) >= 11 is 7.10. The molecule has 0 amide bonds. The van der Waals surface area contributed by atoms with Gasteiger partial charge in [0, 0.05) is 10.6 Å². The first-order valence-corrected chi connectivity index (χ1v) is 9.69. The van der Waals surface area contributed by atoms with E-state index in [0.717, 1.165) is 11.3 Å². The number of carbonyl (C=O) groups is 1. The van der Waals surface area contributed by atoms with Crippen LogP contribution in [0.4, 0.5) is 4.39 Å². The molecule has 0 spiro atoms. The lowest BCUT2D eigenvalue weighted by Gasteiger charge is -2.05. The molecule has 9 heteroatoms. The van der Waals surface area contributed by atoms with Crippen molar-refractivity contribution < 1.29 is 13.9 Å². The van der Waals surface area contributed by atoms with E-state index >= 15 is 0 Å². The summed E-state index contributed by atoms with van der Waals surface area (Å²) in [5.74, 6) is -0.721. The van der Waals surface area contributed by atoms with Crippen molar-refractivity contribution in [3.05, 3.63) is 80.1 Å². The molecule has 4 aromatic rings. The number of aromatic amines is 1. The standard InChI is InChI=1S/C20H13ClFN3O3S/c1-10-17(29-19(23-10)11-2-5-13(22)6-3-11)20(27)28-9-16-24-15-8-12(21)4-7-14(15)18(26)25-16/h2-8H,9H2,1H3,(H,24,25,26). The quantitative estimate of drug-likeness (QED) is 0.482. The van der Waals surface area contributed by atoms with Crippen molar-refractivity contribution >= 4 is 39.8 Å². The number of benzene rings is 2. The first kappa shape index (κ1) is 19.2. The topological polar surface area (TPSA) is 84.9 Å². The van der Waals surface area contributed by atoms with Gasteiger partial charge in [-0.2, -0.15) is 0 Å². The first-order valence-electron chi connectivity index (χ1n) is 8.49. The molecule has 4 rings (SSSR count). The van der Waals surface area contributed by atoms with Gasteiger partial charge in [-0.05, 0) is 49.4 Å². The van der Waals surface area contributed by atoms with Gasteiger partial charge in [0.15, 0.2) is 0 Å². The second kappa shape index (κ2) is 7.73. The van der Waals surface area contributed by atoms with Gasteiger partial charge in [0.25, 0.3) is 5.56 Å². The molecule has 2 aromatic heterocycles. The summed E-state index contributed by atoms with van der Waals surface area (Å²) in [6.07, 6.45) is 0. The molecule has 0 atom stereocenters. The fourth-order valence-corrected chi connectivity index (χ4v) is 3.86. The number of esters is 1. The molecule has 1 N–H and O–H groups in total. The van der Waals surface area contributed by atoms with Crippen LogP contribution in [0.2, 0.25) is 5.02 Å². The molecule has 6 nitrogen and oxygen atoms in total. The fraction of sp³-hybridized carbons (Fsp3) is 0.100. The second-order valence-electron chi connectivity index (χ2n) is 6.19. The van der Waals surface area contributed by atoms with Crippen LogP contribution in [-0.2, 0) is 11.3 Å². The lowest BCUT2D eigenvalue weighted by atomic mass is 10.2. The van der Waals surface area contributed by atoms with Crippen LogP contribution in [0.25, 0.3) is 21.5 Å². The minimum Gasteiger partial charge on any atom is -0.453 e. The van der Waals surface area contributed by atoms with Crippen LogP contribution >= 0.6 is 22.9 Å². The maximum atomic E-state index is 13.1. The highest BCUT2D eigenvalue weighted by Crippen LogP contribution is 2.28. The normalized spacial score (nSPS) is 11.0. The number of ether oxygens (including phenoxy) is 1. The number of hydrogen-bond acceptors (Lipinski definition) is 6. The fourth-order valence-electron chi connectivity index (χ4n) is 2.73. The van der Waals surface area contributed by atoms with Gasteiger partial charge < -0.3 is 9.72 Å². The third-order valence-corrected chi connectivity index (χ3v) is 5.55. The molecule has 0 saturated carbocycles. The number of aryl methyl sites for hydroxylation is 1. The van der Waals surface area contributed by atoms with Crippen molar-refractivity contribution in [2.45, 2.75) is 13.5 Å².